The molecule has 4 heteroatoms. The SMILES string of the molecule is NC1CCOCC1.c1ccc(C(NC2CCOCC2)c2ccccc2)cc1. The van der Waals surface area contributed by atoms with Gasteiger partial charge >= 0.3 is 0 Å². The lowest BCUT2D eigenvalue weighted by molar-refractivity contribution is 0.0761. The molecule has 2 saturated heterocycles. The van der Waals surface area contributed by atoms with Gasteiger partial charge in [-0.05, 0) is 36.8 Å². The smallest absolute Gasteiger partial charge is 0.0578 e. The summed E-state index contributed by atoms with van der Waals surface area (Å²) >= 11 is 0. The summed E-state index contributed by atoms with van der Waals surface area (Å²) in [5.74, 6) is 0. The van der Waals surface area contributed by atoms with Gasteiger partial charge in [0.15, 0.2) is 0 Å². The fourth-order valence-electron chi connectivity index (χ4n) is 3.49. The average Bonchev–Trinajstić information content (AvgIpc) is 2.75. The summed E-state index contributed by atoms with van der Waals surface area (Å²) in [7, 11) is 0. The standard InChI is InChI=1S/C18H21NO.C5H11NO/c1-3-7-15(8-4-1)18(16-9-5-2-6-10-16)19-17-11-13-20-14-12-17;6-5-1-3-7-4-2-5/h1-10,17-19H,11-14H2;5H,1-4,6H2. The van der Waals surface area contributed by atoms with Crippen molar-refractivity contribution >= 4 is 0 Å². The Kier molecular flexibility index (Phi) is 8.31. The molecule has 0 saturated carbocycles. The molecule has 2 aliphatic heterocycles. The summed E-state index contributed by atoms with van der Waals surface area (Å²) < 4.78 is 10.5. The number of ether oxygens (including phenoxy) is 2. The van der Waals surface area contributed by atoms with Crippen molar-refractivity contribution in [3.63, 3.8) is 0 Å². The summed E-state index contributed by atoms with van der Waals surface area (Å²) in [6.45, 7) is 3.46. The van der Waals surface area contributed by atoms with Crippen LogP contribution in [0.2, 0.25) is 0 Å². The molecule has 0 amide bonds. The van der Waals surface area contributed by atoms with Crippen LogP contribution >= 0.6 is 0 Å². The number of nitrogens with one attached hydrogen (secondary N) is 1. The van der Waals surface area contributed by atoms with Crippen LogP contribution in [-0.2, 0) is 9.47 Å². The van der Waals surface area contributed by atoms with Crippen molar-refractivity contribution in [1.82, 2.24) is 5.32 Å². The Balaban J connectivity index is 0.000000253. The molecule has 0 aromatic heterocycles. The Hall–Kier alpha value is -1.72. The summed E-state index contributed by atoms with van der Waals surface area (Å²) in [5, 5.41) is 3.81. The fourth-order valence-corrected chi connectivity index (χ4v) is 3.49. The Morgan fingerprint density at radius 2 is 1.15 bits per heavy atom. The first-order chi connectivity index (χ1) is 13.3. The molecule has 146 valence electrons. The van der Waals surface area contributed by atoms with Gasteiger partial charge in [0.05, 0.1) is 6.04 Å². The van der Waals surface area contributed by atoms with E-state index in [2.05, 4.69) is 66.0 Å². The van der Waals surface area contributed by atoms with E-state index in [-0.39, 0.29) is 6.04 Å². The van der Waals surface area contributed by atoms with E-state index in [1.54, 1.807) is 0 Å². The van der Waals surface area contributed by atoms with Gasteiger partial charge in [0, 0.05) is 38.5 Å². The molecule has 0 spiro atoms. The van der Waals surface area contributed by atoms with Gasteiger partial charge in [-0.1, -0.05) is 60.7 Å². The van der Waals surface area contributed by atoms with Crippen LogP contribution in [0.1, 0.15) is 42.9 Å². The third-order valence-electron chi connectivity index (χ3n) is 5.16. The average molecular weight is 369 g/mol. The highest BCUT2D eigenvalue weighted by molar-refractivity contribution is 5.31. The summed E-state index contributed by atoms with van der Waals surface area (Å²) in [6, 6.07) is 22.6. The van der Waals surface area contributed by atoms with E-state index >= 15 is 0 Å². The molecule has 0 bridgehead atoms. The zero-order valence-corrected chi connectivity index (χ0v) is 16.1. The minimum Gasteiger partial charge on any atom is -0.381 e. The lowest BCUT2D eigenvalue weighted by Gasteiger charge is -2.29. The van der Waals surface area contributed by atoms with E-state index in [9.17, 15) is 0 Å². The minimum absolute atomic E-state index is 0.264. The minimum atomic E-state index is 0.264. The Bertz CT molecular complexity index is 584. The van der Waals surface area contributed by atoms with Gasteiger partial charge < -0.3 is 20.5 Å². The van der Waals surface area contributed by atoms with Gasteiger partial charge in [0.25, 0.3) is 0 Å². The third kappa shape index (κ3) is 6.74. The van der Waals surface area contributed by atoms with E-state index in [0.29, 0.717) is 12.1 Å². The first-order valence-electron chi connectivity index (χ1n) is 10.1. The normalized spacial score (nSPS) is 18.7. The van der Waals surface area contributed by atoms with Crippen molar-refractivity contribution in [3.05, 3.63) is 71.8 Å². The second kappa shape index (κ2) is 11.2. The molecule has 4 rings (SSSR count). The zero-order chi connectivity index (χ0) is 18.7. The predicted octanol–water partition coefficient (Wildman–Crippen LogP) is 3.67. The summed E-state index contributed by atoms with van der Waals surface area (Å²) in [6.07, 6.45) is 4.27. The Morgan fingerprint density at radius 1 is 0.704 bits per heavy atom. The highest BCUT2D eigenvalue weighted by Crippen LogP contribution is 2.24. The lowest BCUT2D eigenvalue weighted by atomic mass is 9.96. The van der Waals surface area contributed by atoms with Crippen LogP contribution in [0.25, 0.3) is 0 Å². The van der Waals surface area contributed by atoms with E-state index in [1.165, 1.54) is 11.1 Å². The fraction of sp³-hybridized carbons (Fsp3) is 0.478. The molecule has 0 aliphatic carbocycles. The second-order valence-electron chi connectivity index (χ2n) is 7.26. The summed E-state index contributed by atoms with van der Waals surface area (Å²) in [4.78, 5) is 0. The molecule has 2 aliphatic rings. The maximum Gasteiger partial charge on any atom is 0.0578 e. The maximum absolute atomic E-state index is 5.55. The zero-order valence-electron chi connectivity index (χ0n) is 16.1. The molecule has 3 N–H and O–H groups in total. The van der Waals surface area contributed by atoms with Gasteiger partial charge in [-0.3, -0.25) is 0 Å². The van der Waals surface area contributed by atoms with Gasteiger partial charge in [-0.25, -0.2) is 0 Å². The Morgan fingerprint density at radius 3 is 1.56 bits per heavy atom. The van der Waals surface area contributed by atoms with E-state index < -0.39 is 0 Å². The first kappa shape index (κ1) is 20.0. The largest absolute Gasteiger partial charge is 0.381 e. The van der Waals surface area contributed by atoms with Gasteiger partial charge in [0.1, 0.15) is 0 Å². The lowest BCUT2D eigenvalue weighted by Crippen LogP contribution is -2.37. The van der Waals surface area contributed by atoms with Crippen molar-refractivity contribution in [2.75, 3.05) is 26.4 Å². The maximum atomic E-state index is 5.55. The quantitative estimate of drug-likeness (QED) is 0.865. The van der Waals surface area contributed by atoms with Crippen molar-refractivity contribution in [3.8, 4) is 0 Å². The third-order valence-corrected chi connectivity index (χ3v) is 5.16. The number of hydrogen-bond donors (Lipinski definition) is 2. The van der Waals surface area contributed by atoms with E-state index in [0.717, 1.165) is 52.1 Å². The van der Waals surface area contributed by atoms with Gasteiger partial charge in [0.2, 0.25) is 0 Å². The first-order valence-corrected chi connectivity index (χ1v) is 10.1. The van der Waals surface area contributed by atoms with Crippen LogP contribution in [0.4, 0.5) is 0 Å². The molecular weight excluding hydrogens is 336 g/mol. The highest BCUT2D eigenvalue weighted by Gasteiger charge is 2.20. The van der Waals surface area contributed by atoms with Crippen LogP contribution in [0.5, 0.6) is 0 Å². The highest BCUT2D eigenvalue weighted by atomic mass is 16.5. The molecule has 2 fully saturated rings. The number of hydrogen-bond acceptors (Lipinski definition) is 4. The molecule has 2 aromatic carbocycles. The Labute approximate surface area is 163 Å². The molecule has 2 heterocycles. The van der Waals surface area contributed by atoms with Crippen molar-refractivity contribution in [2.45, 2.75) is 43.8 Å². The second-order valence-corrected chi connectivity index (χ2v) is 7.26. The predicted molar refractivity (Wildman–Crippen MR) is 110 cm³/mol. The van der Waals surface area contributed by atoms with E-state index in [1.807, 2.05) is 0 Å². The van der Waals surface area contributed by atoms with Crippen LogP contribution in [0, 0.1) is 0 Å². The number of nitrogens with two attached hydrogens (primary N) is 1. The molecule has 0 radical (unpaired) electrons. The van der Waals surface area contributed by atoms with Gasteiger partial charge in [-0.2, -0.15) is 0 Å². The van der Waals surface area contributed by atoms with Crippen LogP contribution in [0.3, 0.4) is 0 Å². The van der Waals surface area contributed by atoms with Crippen molar-refractivity contribution < 1.29 is 9.47 Å². The molecule has 0 unspecified atom stereocenters. The summed E-state index contributed by atoms with van der Waals surface area (Å²) in [5.41, 5.74) is 8.20. The van der Waals surface area contributed by atoms with Crippen LogP contribution in [0.15, 0.2) is 60.7 Å². The molecule has 2 aromatic rings. The van der Waals surface area contributed by atoms with Crippen molar-refractivity contribution in [2.24, 2.45) is 5.73 Å². The van der Waals surface area contributed by atoms with E-state index in [4.69, 9.17) is 15.2 Å². The molecule has 4 nitrogen and oxygen atoms in total. The van der Waals surface area contributed by atoms with Gasteiger partial charge in [-0.15, -0.1) is 0 Å². The number of benzene rings is 2. The topological polar surface area (TPSA) is 56.5 Å². The molecular formula is C23H32N2O2. The molecule has 27 heavy (non-hydrogen) atoms. The molecule has 0 atom stereocenters. The number of rotatable bonds is 4. The van der Waals surface area contributed by atoms with Crippen LogP contribution in [-0.4, -0.2) is 38.5 Å². The van der Waals surface area contributed by atoms with Crippen molar-refractivity contribution in [1.29, 1.82) is 0 Å². The van der Waals surface area contributed by atoms with Crippen LogP contribution < -0.4 is 11.1 Å². The monoisotopic (exact) mass is 368 g/mol.